The minimum Gasteiger partial charge on any atom is -0.481 e. The maximum absolute atomic E-state index is 12.9. The number of nitro groups is 1. The highest BCUT2D eigenvalue weighted by Gasteiger charge is 2.53. The number of carboxylic acid groups (broad SMARTS) is 1. The Hall–Kier alpha value is -2.10. The van der Waals surface area contributed by atoms with E-state index in [1.165, 1.54) is 0 Å². The molecule has 0 spiro atoms. The molecule has 1 N–H and O–H groups in total. The van der Waals surface area contributed by atoms with Crippen LogP contribution in [-0.4, -0.2) is 40.2 Å². The lowest BCUT2D eigenvalue weighted by molar-refractivity contribution is -0.385. The molecule has 1 aliphatic heterocycles. The zero-order valence-electron chi connectivity index (χ0n) is 10.7. The molecular weight excluding hydrogens is 331 g/mol. The zero-order chi connectivity index (χ0) is 16.7. The fourth-order valence-corrected chi connectivity index (χ4v) is 2.59. The SMILES string of the molecule is O=C(O)[C@@H]1CN(c2ncc([N+](=O)[O-])cc2Cl)C[C@H]1C(F)(F)F. The van der Waals surface area contributed by atoms with E-state index >= 15 is 0 Å². The van der Waals surface area contributed by atoms with Gasteiger partial charge in [-0.1, -0.05) is 11.6 Å². The van der Waals surface area contributed by atoms with E-state index in [-0.39, 0.29) is 10.8 Å². The van der Waals surface area contributed by atoms with E-state index in [1.807, 2.05) is 0 Å². The first-order valence-electron chi connectivity index (χ1n) is 5.95. The van der Waals surface area contributed by atoms with E-state index in [1.54, 1.807) is 0 Å². The van der Waals surface area contributed by atoms with Crippen molar-refractivity contribution >= 4 is 29.1 Å². The number of hydrogen-bond acceptors (Lipinski definition) is 5. The summed E-state index contributed by atoms with van der Waals surface area (Å²) in [7, 11) is 0. The molecule has 2 heterocycles. The van der Waals surface area contributed by atoms with Gasteiger partial charge < -0.3 is 10.0 Å². The molecule has 0 radical (unpaired) electrons. The second-order valence-electron chi connectivity index (χ2n) is 4.75. The van der Waals surface area contributed by atoms with Crippen LogP contribution in [0, 0.1) is 22.0 Å². The van der Waals surface area contributed by atoms with Crippen LogP contribution in [0.1, 0.15) is 0 Å². The molecule has 0 aromatic carbocycles. The largest absolute Gasteiger partial charge is 0.481 e. The summed E-state index contributed by atoms with van der Waals surface area (Å²) in [6.45, 7) is -1.05. The van der Waals surface area contributed by atoms with Gasteiger partial charge in [0.1, 0.15) is 12.0 Å². The van der Waals surface area contributed by atoms with E-state index in [0.717, 1.165) is 17.2 Å². The Morgan fingerprint density at radius 1 is 1.50 bits per heavy atom. The van der Waals surface area contributed by atoms with Crippen LogP contribution in [0.4, 0.5) is 24.7 Å². The number of alkyl halides is 3. The first kappa shape index (κ1) is 16.3. The molecule has 1 aromatic rings. The Kier molecular flexibility index (Phi) is 4.14. The van der Waals surface area contributed by atoms with Gasteiger partial charge >= 0.3 is 12.1 Å². The average molecular weight is 340 g/mol. The Labute approximate surface area is 126 Å². The van der Waals surface area contributed by atoms with Crippen LogP contribution in [0.15, 0.2) is 12.3 Å². The summed E-state index contributed by atoms with van der Waals surface area (Å²) in [5.41, 5.74) is -0.407. The molecule has 11 heteroatoms. The van der Waals surface area contributed by atoms with Crippen molar-refractivity contribution in [3.63, 3.8) is 0 Å². The van der Waals surface area contributed by atoms with Gasteiger partial charge in [0.05, 0.1) is 21.8 Å². The fraction of sp³-hybridized carbons (Fsp3) is 0.455. The molecule has 1 saturated heterocycles. The predicted octanol–water partition coefficient (Wildman–Crippen LogP) is 2.34. The number of aromatic nitrogens is 1. The van der Waals surface area contributed by atoms with E-state index in [4.69, 9.17) is 16.7 Å². The maximum atomic E-state index is 12.9. The number of anilines is 1. The third-order valence-electron chi connectivity index (χ3n) is 3.38. The molecule has 0 bridgehead atoms. The Bertz CT molecular complexity index is 625. The van der Waals surface area contributed by atoms with Crippen molar-refractivity contribution in [2.24, 2.45) is 11.8 Å². The smallest absolute Gasteiger partial charge is 0.394 e. The van der Waals surface area contributed by atoms with Gasteiger partial charge in [-0.05, 0) is 0 Å². The number of pyridine rings is 1. The van der Waals surface area contributed by atoms with Crippen LogP contribution >= 0.6 is 11.6 Å². The highest BCUT2D eigenvalue weighted by molar-refractivity contribution is 6.33. The maximum Gasteiger partial charge on any atom is 0.394 e. The minimum atomic E-state index is -4.68. The van der Waals surface area contributed by atoms with Crippen molar-refractivity contribution in [3.8, 4) is 0 Å². The summed E-state index contributed by atoms with van der Waals surface area (Å²) in [4.78, 5) is 25.6. The zero-order valence-corrected chi connectivity index (χ0v) is 11.5. The van der Waals surface area contributed by atoms with Crippen molar-refractivity contribution < 1.29 is 28.0 Å². The second kappa shape index (κ2) is 5.59. The summed E-state index contributed by atoms with van der Waals surface area (Å²) in [5.74, 6) is -5.38. The molecule has 22 heavy (non-hydrogen) atoms. The highest BCUT2D eigenvalue weighted by atomic mass is 35.5. The van der Waals surface area contributed by atoms with E-state index in [2.05, 4.69) is 4.98 Å². The lowest BCUT2D eigenvalue weighted by atomic mass is 9.96. The van der Waals surface area contributed by atoms with Gasteiger partial charge in [0, 0.05) is 19.2 Å². The lowest BCUT2D eigenvalue weighted by Gasteiger charge is -2.19. The topological polar surface area (TPSA) is 96.6 Å². The third kappa shape index (κ3) is 3.06. The van der Waals surface area contributed by atoms with Crippen LogP contribution < -0.4 is 4.90 Å². The standard InChI is InChI=1S/C11H9ClF3N3O4/c12-8-1-5(18(21)22)2-16-9(8)17-3-6(10(19)20)7(4-17)11(13,14)15/h1-2,6-7H,3-4H2,(H,19,20)/t6-,7-/m1/s1. The number of carboxylic acids is 1. The second-order valence-corrected chi connectivity index (χ2v) is 5.16. The van der Waals surface area contributed by atoms with Gasteiger partial charge in [0.15, 0.2) is 0 Å². The minimum absolute atomic E-state index is 0.106. The molecule has 0 saturated carbocycles. The summed E-state index contributed by atoms with van der Waals surface area (Å²) in [6, 6.07) is 0.959. The number of aliphatic carboxylic acids is 1. The third-order valence-corrected chi connectivity index (χ3v) is 3.65. The molecule has 1 aliphatic rings. The van der Waals surface area contributed by atoms with Crippen molar-refractivity contribution in [2.45, 2.75) is 6.18 Å². The molecule has 0 amide bonds. The molecule has 2 rings (SSSR count). The van der Waals surface area contributed by atoms with Crippen LogP contribution in [-0.2, 0) is 4.79 Å². The predicted molar refractivity (Wildman–Crippen MR) is 68.8 cm³/mol. The summed E-state index contributed by atoms with van der Waals surface area (Å²) < 4.78 is 38.7. The Morgan fingerprint density at radius 3 is 2.55 bits per heavy atom. The lowest BCUT2D eigenvalue weighted by Crippen LogP contribution is -2.33. The number of carbonyl (C=O) groups is 1. The molecule has 1 fully saturated rings. The number of rotatable bonds is 3. The molecule has 0 unspecified atom stereocenters. The van der Waals surface area contributed by atoms with Crippen molar-refractivity contribution in [1.82, 2.24) is 4.98 Å². The molecule has 1 aromatic heterocycles. The number of hydrogen-bond donors (Lipinski definition) is 1. The quantitative estimate of drug-likeness (QED) is 0.670. The van der Waals surface area contributed by atoms with Crippen molar-refractivity contribution in [3.05, 3.63) is 27.4 Å². The van der Waals surface area contributed by atoms with Crippen molar-refractivity contribution in [2.75, 3.05) is 18.0 Å². The first-order valence-corrected chi connectivity index (χ1v) is 6.33. The number of halogens is 4. The average Bonchev–Trinajstić information content (AvgIpc) is 2.83. The monoisotopic (exact) mass is 339 g/mol. The van der Waals surface area contributed by atoms with Crippen LogP contribution in [0.25, 0.3) is 0 Å². The normalized spacial score (nSPS) is 21.9. The van der Waals surface area contributed by atoms with Gasteiger partial charge in [-0.2, -0.15) is 13.2 Å². The van der Waals surface area contributed by atoms with Gasteiger partial charge in [-0.25, -0.2) is 4.98 Å². The van der Waals surface area contributed by atoms with Gasteiger partial charge in [-0.15, -0.1) is 0 Å². The first-order chi connectivity index (χ1) is 10.1. The Balaban J connectivity index is 2.31. The molecule has 7 nitrogen and oxygen atoms in total. The molecular formula is C11H9ClF3N3O4. The van der Waals surface area contributed by atoms with E-state index < -0.39 is 47.7 Å². The van der Waals surface area contributed by atoms with E-state index in [9.17, 15) is 28.1 Å². The fourth-order valence-electron chi connectivity index (χ4n) is 2.31. The molecule has 120 valence electrons. The molecule has 2 atom stereocenters. The Morgan fingerprint density at radius 2 is 2.14 bits per heavy atom. The molecule has 0 aliphatic carbocycles. The van der Waals surface area contributed by atoms with Crippen LogP contribution in [0.3, 0.4) is 0 Å². The van der Waals surface area contributed by atoms with Crippen LogP contribution in [0.5, 0.6) is 0 Å². The number of nitrogens with zero attached hydrogens (tertiary/aromatic N) is 3. The summed E-state index contributed by atoms with van der Waals surface area (Å²) in [6.07, 6.45) is -3.82. The van der Waals surface area contributed by atoms with Gasteiger partial charge in [0.25, 0.3) is 5.69 Å². The summed E-state index contributed by atoms with van der Waals surface area (Å²) >= 11 is 5.81. The summed E-state index contributed by atoms with van der Waals surface area (Å²) in [5, 5.41) is 19.3. The van der Waals surface area contributed by atoms with Crippen LogP contribution in [0.2, 0.25) is 5.02 Å². The van der Waals surface area contributed by atoms with Crippen molar-refractivity contribution in [1.29, 1.82) is 0 Å². The van der Waals surface area contributed by atoms with Gasteiger partial charge in [-0.3, -0.25) is 14.9 Å². The highest BCUT2D eigenvalue weighted by Crippen LogP contribution is 2.40. The van der Waals surface area contributed by atoms with Gasteiger partial charge in [0.2, 0.25) is 0 Å². The van der Waals surface area contributed by atoms with E-state index in [0.29, 0.717) is 0 Å².